The van der Waals surface area contributed by atoms with Crippen LogP contribution in [0.5, 0.6) is 0 Å². The first kappa shape index (κ1) is 14.8. The lowest BCUT2D eigenvalue weighted by Crippen LogP contribution is -2.57. The third-order valence-electron chi connectivity index (χ3n) is 5.65. The van der Waals surface area contributed by atoms with E-state index in [0.717, 1.165) is 32.1 Å². The fourth-order valence-corrected chi connectivity index (χ4v) is 6.17. The minimum atomic E-state index is -0.405. The predicted molar refractivity (Wildman–Crippen MR) is 85.7 cm³/mol. The molecule has 0 aliphatic heterocycles. The number of hydrogen-bond donors (Lipinski definition) is 1. The molecule has 0 saturated heterocycles. The summed E-state index contributed by atoms with van der Waals surface area (Å²) < 4.78 is 13.1. The van der Waals surface area contributed by atoms with Crippen LogP contribution in [0.3, 0.4) is 0 Å². The molecule has 1 amide bonds. The van der Waals surface area contributed by atoms with E-state index in [2.05, 4.69) is 5.32 Å². The summed E-state index contributed by atoms with van der Waals surface area (Å²) in [6.07, 6.45) is 5.88. The van der Waals surface area contributed by atoms with Crippen molar-refractivity contribution in [3.05, 3.63) is 29.0 Å². The first-order chi connectivity index (χ1) is 10.4. The lowest BCUT2D eigenvalue weighted by atomic mass is 9.49. The van der Waals surface area contributed by atoms with Crippen LogP contribution in [0.4, 0.5) is 10.1 Å². The Kier molecular flexibility index (Phi) is 3.25. The van der Waals surface area contributed by atoms with Crippen molar-refractivity contribution in [1.29, 1.82) is 0 Å². The summed E-state index contributed by atoms with van der Waals surface area (Å²) in [5.41, 5.74) is 0.108. The van der Waals surface area contributed by atoms with Crippen LogP contribution in [-0.4, -0.2) is 10.8 Å². The molecule has 2 atom stereocenters. The molecule has 1 aromatic carbocycles. The van der Waals surface area contributed by atoms with Crippen LogP contribution in [0.2, 0.25) is 5.02 Å². The van der Waals surface area contributed by atoms with Crippen molar-refractivity contribution in [3.8, 4) is 0 Å². The molecule has 4 fully saturated rings. The molecule has 1 N–H and O–H groups in total. The summed E-state index contributed by atoms with van der Waals surface area (Å²) in [5, 5.41) is 3.15. The molecule has 0 radical (unpaired) electrons. The summed E-state index contributed by atoms with van der Waals surface area (Å²) in [6, 6.07) is 4.05. The van der Waals surface area contributed by atoms with Crippen molar-refractivity contribution in [1.82, 2.24) is 0 Å². The number of carbonyl (C=O) groups is 1. The number of hydrogen-bond acceptors (Lipinski definition) is 1. The largest absolute Gasteiger partial charge is 0.324 e. The summed E-state index contributed by atoms with van der Waals surface area (Å²) in [5.74, 6) is 0.721. The Morgan fingerprint density at radius 3 is 2.50 bits per heavy atom. The highest BCUT2D eigenvalue weighted by Gasteiger charge is 2.60. The Morgan fingerprint density at radius 1 is 1.23 bits per heavy atom. The van der Waals surface area contributed by atoms with Gasteiger partial charge in [0.2, 0.25) is 5.91 Å². The Hall–Kier alpha value is -0.800. The fraction of sp³-hybridized carbons (Fsp3) is 0.588. The Morgan fingerprint density at radius 2 is 1.91 bits per heavy atom. The van der Waals surface area contributed by atoms with Gasteiger partial charge in [-0.05, 0) is 68.6 Å². The molecule has 118 valence electrons. The highest BCUT2D eigenvalue weighted by atomic mass is 35.5. The molecule has 4 saturated carbocycles. The van der Waals surface area contributed by atoms with Crippen LogP contribution < -0.4 is 5.32 Å². The molecule has 0 spiro atoms. The van der Waals surface area contributed by atoms with E-state index < -0.39 is 5.82 Å². The van der Waals surface area contributed by atoms with E-state index in [0.29, 0.717) is 17.5 Å². The van der Waals surface area contributed by atoms with Crippen molar-refractivity contribution in [2.75, 3.05) is 5.32 Å². The molecule has 22 heavy (non-hydrogen) atoms. The SMILES string of the molecule is O=C(Nc1ccc(F)cc1Cl)C12CC3CC(CC(Cl)(C3)C1)C2. The van der Waals surface area contributed by atoms with E-state index in [1.54, 1.807) is 0 Å². The van der Waals surface area contributed by atoms with Gasteiger partial charge in [0.25, 0.3) is 0 Å². The molecule has 5 heteroatoms. The smallest absolute Gasteiger partial charge is 0.230 e. The van der Waals surface area contributed by atoms with Gasteiger partial charge in [0.1, 0.15) is 5.82 Å². The van der Waals surface area contributed by atoms with Gasteiger partial charge >= 0.3 is 0 Å². The van der Waals surface area contributed by atoms with Gasteiger partial charge in [-0.1, -0.05) is 11.6 Å². The first-order valence-electron chi connectivity index (χ1n) is 7.83. The number of halogens is 3. The summed E-state index contributed by atoms with van der Waals surface area (Å²) in [7, 11) is 0. The molecule has 4 aliphatic carbocycles. The van der Waals surface area contributed by atoms with Crippen LogP contribution in [0, 0.1) is 23.1 Å². The third kappa shape index (κ3) is 2.33. The fourth-order valence-electron chi connectivity index (χ4n) is 5.26. The van der Waals surface area contributed by atoms with Crippen molar-refractivity contribution in [3.63, 3.8) is 0 Å². The summed E-state index contributed by atoms with van der Waals surface area (Å²) >= 11 is 12.8. The zero-order valence-electron chi connectivity index (χ0n) is 12.2. The van der Waals surface area contributed by atoms with Crippen LogP contribution in [0.15, 0.2) is 18.2 Å². The van der Waals surface area contributed by atoms with Gasteiger partial charge < -0.3 is 5.32 Å². The highest BCUT2D eigenvalue weighted by molar-refractivity contribution is 6.33. The molecule has 2 unspecified atom stereocenters. The zero-order valence-corrected chi connectivity index (χ0v) is 13.7. The maximum atomic E-state index is 13.1. The molecule has 4 aliphatic rings. The molecule has 0 heterocycles. The molecule has 4 bridgehead atoms. The topological polar surface area (TPSA) is 29.1 Å². The quantitative estimate of drug-likeness (QED) is 0.754. The van der Waals surface area contributed by atoms with Gasteiger partial charge in [-0.15, -0.1) is 11.6 Å². The molecule has 5 rings (SSSR count). The summed E-state index contributed by atoms with van der Waals surface area (Å²) in [6.45, 7) is 0. The second-order valence-electron chi connectivity index (χ2n) is 7.47. The third-order valence-corrected chi connectivity index (χ3v) is 6.41. The Labute approximate surface area is 139 Å². The van der Waals surface area contributed by atoms with Gasteiger partial charge in [0, 0.05) is 4.87 Å². The van der Waals surface area contributed by atoms with Crippen molar-refractivity contribution in [2.24, 2.45) is 17.3 Å². The van der Waals surface area contributed by atoms with Crippen LogP contribution in [0.25, 0.3) is 0 Å². The van der Waals surface area contributed by atoms with Gasteiger partial charge in [-0.3, -0.25) is 4.79 Å². The van der Waals surface area contributed by atoms with E-state index in [1.165, 1.54) is 24.6 Å². The second kappa shape index (κ2) is 4.85. The van der Waals surface area contributed by atoms with Crippen molar-refractivity contribution in [2.45, 2.75) is 43.4 Å². The second-order valence-corrected chi connectivity index (χ2v) is 8.68. The minimum Gasteiger partial charge on any atom is -0.324 e. The van der Waals surface area contributed by atoms with Crippen LogP contribution in [-0.2, 0) is 4.79 Å². The summed E-state index contributed by atoms with van der Waals surface area (Å²) in [4.78, 5) is 12.7. The van der Waals surface area contributed by atoms with Crippen LogP contribution in [0.1, 0.15) is 38.5 Å². The van der Waals surface area contributed by atoms with Gasteiger partial charge in [-0.2, -0.15) is 0 Å². The molecular formula is C17H18Cl2FNO. The number of amides is 1. The number of carbonyl (C=O) groups excluding carboxylic acids is 1. The average molecular weight is 342 g/mol. The predicted octanol–water partition coefficient (Wildman–Crippen LogP) is 5.00. The molecular weight excluding hydrogens is 324 g/mol. The number of alkyl halides is 1. The molecule has 1 aromatic rings. The van der Waals surface area contributed by atoms with E-state index in [-0.39, 0.29) is 21.2 Å². The normalized spacial score (nSPS) is 39.0. The monoisotopic (exact) mass is 341 g/mol. The lowest BCUT2D eigenvalue weighted by Gasteiger charge is -2.59. The number of rotatable bonds is 2. The Balaban J connectivity index is 1.60. The van der Waals surface area contributed by atoms with Gasteiger partial charge in [-0.25, -0.2) is 4.39 Å². The van der Waals surface area contributed by atoms with Crippen LogP contribution >= 0.6 is 23.2 Å². The Bertz CT molecular complexity index is 634. The maximum absolute atomic E-state index is 13.1. The maximum Gasteiger partial charge on any atom is 0.230 e. The minimum absolute atomic E-state index is 0.000123. The van der Waals surface area contributed by atoms with E-state index in [9.17, 15) is 9.18 Å². The van der Waals surface area contributed by atoms with E-state index in [4.69, 9.17) is 23.2 Å². The highest BCUT2D eigenvalue weighted by Crippen LogP contribution is 2.64. The van der Waals surface area contributed by atoms with E-state index >= 15 is 0 Å². The van der Waals surface area contributed by atoms with Gasteiger partial charge in [0.15, 0.2) is 0 Å². The molecule has 2 nitrogen and oxygen atoms in total. The average Bonchev–Trinajstić information content (AvgIpc) is 2.39. The zero-order chi connectivity index (χ0) is 15.5. The number of anilines is 1. The first-order valence-corrected chi connectivity index (χ1v) is 8.59. The van der Waals surface area contributed by atoms with Gasteiger partial charge in [0.05, 0.1) is 16.1 Å². The standard InChI is InChI=1S/C17H18Cl2FNO/c18-13-4-12(20)1-2-14(13)21-15(22)16-5-10-3-11(6-16)8-17(19,7-10)9-16/h1-2,4,10-11H,3,5-9H2,(H,21,22). The number of nitrogens with one attached hydrogen (secondary N) is 1. The van der Waals surface area contributed by atoms with E-state index in [1.807, 2.05) is 0 Å². The number of benzene rings is 1. The molecule has 0 aromatic heterocycles. The lowest BCUT2D eigenvalue weighted by molar-refractivity contribution is -0.138. The van der Waals surface area contributed by atoms with Crippen molar-refractivity contribution >= 4 is 34.8 Å². The van der Waals surface area contributed by atoms with Crippen molar-refractivity contribution < 1.29 is 9.18 Å².